The number of carbonyl (C=O) groups is 1. The molecule has 1 aliphatic heterocycles. The van der Waals surface area contributed by atoms with Gasteiger partial charge in [-0.25, -0.2) is 0 Å². The third-order valence-corrected chi connectivity index (χ3v) is 4.20. The summed E-state index contributed by atoms with van der Waals surface area (Å²) in [5, 5.41) is 1.07. The Labute approximate surface area is 118 Å². The Morgan fingerprint density at radius 3 is 2.95 bits per heavy atom. The van der Waals surface area contributed by atoms with Gasteiger partial charge in [0.05, 0.1) is 5.60 Å². The topological polar surface area (TPSA) is 45.3 Å². The number of para-hydroxylation sites is 1. The predicted octanol–water partition coefficient (Wildman–Crippen LogP) is 2.81. The molecule has 0 saturated carbocycles. The van der Waals surface area contributed by atoms with Crippen molar-refractivity contribution in [2.24, 2.45) is 0 Å². The number of ether oxygens (including phenoxy) is 1. The molecule has 1 N–H and O–H groups in total. The van der Waals surface area contributed by atoms with Crippen molar-refractivity contribution in [1.82, 2.24) is 9.88 Å². The van der Waals surface area contributed by atoms with Crippen LogP contribution in [0.25, 0.3) is 10.9 Å². The van der Waals surface area contributed by atoms with Gasteiger partial charge in [0.15, 0.2) is 0 Å². The first-order chi connectivity index (χ1) is 9.61. The number of amides is 1. The van der Waals surface area contributed by atoms with Gasteiger partial charge < -0.3 is 14.6 Å². The lowest BCUT2D eigenvalue weighted by Crippen LogP contribution is -2.49. The van der Waals surface area contributed by atoms with Crippen LogP contribution in [-0.2, 0) is 4.74 Å². The Bertz CT molecular complexity index is 601. The van der Waals surface area contributed by atoms with Crippen molar-refractivity contribution < 1.29 is 9.53 Å². The van der Waals surface area contributed by atoms with Gasteiger partial charge in [-0.1, -0.05) is 18.2 Å². The van der Waals surface area contributed by atoms with Gasteiger partial charge in [0.1, 0.15) is 5.69 Å². The number of nitrogens with zero attached hydrogens (tertiary/aromatic N) is 1. The quantitative estimate of drug-likeness (QED) is 0.913. The van der Waals surface area contributed by atoms with Crippen LogP contribution < -0.4 is 0 Å². The molecule has 1 saturated heterocycles. The molecule has 1 aromatic heterocycles. The summed E-state index contributed by atoms with van der Waals surface area (Å²) in [6.07, 6.45) is 1.98. The fourth-order valence-electron chi connectivity index (χ4n) is 2.90. The first kappa shape index (κ1) is 13.2. The first-order valence-corrected chi connectivity index (χ1v) is 7.03. The number of carbonyl (C=O) groups excluding carboxylic acids is 1. The smallest absolute Gasteiger partial charge is 0.270 e. The minimum atomic E-state index is -0.222. The van der Waals surface area contributed by atoms with Gasteiger partial charge in [-0.2, -0.15) is 0 Å². The lowest BCUT2D eigenvalue weighted by molar-refractivity contribution is -0.0441. The molecule has 0 bridgehead atoms. The molecule has 1 aliphatic rings. The summed E-state index contributed by atoms with van der Waals surface area (Å²) >= 11 is 0. The number of benzene rings is 1. The summed E-state index contributed by atoms with van der Waals surface area (Å²) in [5.74, 6) is 0.0594. The molecule has 4 heteroatoms. The molecule has 0 radical (unpaired) electrons. The zero-order chi connectivity index (χ0) is 14.2. The van der Waals surface area contributed by atoms with Crippen LogP contribution >= 0.6 is 0 Å². The van der Waals surface area contributed by atoms with E-state index < -0.39 is 0 Å². The maximum atomic E-state index is 12.6. The monoisotopic (exact) mass is 272 g/mol. The Hall–Kier alpha value is -1.81. The molecule has 2 aromatic rings. The third kappa shape index (κ3) is 2.31. The van der Waals surface area contributed by atoms with E-state index >= 15 is 0 Å². The van der Waals surface area contributed by atoms with Crippen LogP contribution in [0, 0.1) is 0 Å². The molecule has 1 atom stereocenters. The molecule has 2 heterocycles. The molecule has 1 amide bonds. The van der Waals surface area contributed by atoms with E-state index in [0.717, 1.165) is 30.3 Å². The van der Waals surface area contributed by atoms with Crippen molar-refractivity contribution in [3.05, 3.63) is 36.0 Å². The number of hydrogen-bond donors (Lipinski definition) is 1. The average Bonchev–Trinajstić information content (AvgIpc) is 2.90. The molecular formula is C16H20N2O2. The molecular weight excluding hydrogens is 252 g/mol. The van der Waals surface area contributed by atoms with Crippen molar-refractivity contribution in [3.63, 3.8) is 0 Å². The SMILES string of the molecule is COC1(C)CCCN(C(=O)c2cc3ccccc3[nH]2)C1. The number of aromatic nitrogens is 1. The third-order valence-electron chi connectivity index (χ3n) is 4.20. The zero-order valence-corrected chi connectivity index (χ0v) is 12.0. The normalized spacial score (nSPS) is 23.2. The van der Waals surface area contributed by atoms with E-state index in [1.165, 1.54) is 0 Å². The average molecular weight is 272 g/mol. The summed E-state index contributed by atoms with van der Waals surface area (Å²) in [6.45, 7) is 3.52. The highest BCUT2D eigenvalue weighted by Gasteiger charge is 2.33. The van der Waals surface area contributed by atoms with Gasteiger partial charge in [0, 0.05) is 31.1 Å². The van der Waals surface area contributed by atoms with Crippen LogP contribution in [0.4, 0.5) is 0 Å². The molecule has 0 aliphatic carbocycles. The maximum Gasteiger partial charge on any atom is 0.270 e. The van der Waals surface area contributed by atoms with Crippen LogP contribution in [0.1, 0.15) is 30.3 Å². The summed E-state index contributed by atoms with van der Waals surface area (Å²) in [4.78, 5) is 17.7. The number of hydrogen-bond acceptors (Lipinski definition) is 2. The molecule has 1 unspecified atom stereocenters. The zero-order valence-electron chi connectivity index (χ0n) is 12.0. The van der Waals surface area contributed by atoms with Crippen molar-refractivity contribution in [3.8, 4) is 0 Å². The fraction of sp³-hybridized carbons (Fsp3) is 0.438. The lowest BCUT2D eigenvalue weighted by atomic mass is 9.94. The Morgan fingerprint density at radius 2 is 2.20 bits per heavy atom. The Morgan fingerprint density at radius 1 is 1.40 bits per heavy atom. The van der Waals surface area contributed by atoms with Crippen molar-refractivity contribution in [2.45, 2.75) is 25.4 Å². The highest BCUT2D eigenvalue weighted by Crippen LogP contribution is 2.25. The number of likely N-dealkylation sites (tertiary alicyclic amines) is 1. The van der Waals surface area contributed by atoms with E-state index in [4.69, 9.17) is 4.74 Å². The van der Waals surface area contributed by atoms with E-state index in [1.807, 2.05) is 35.2 Å². The molecule has 4 nitrogen and oxygen atoms in total. The molecule has 106 valence electrons. The second-order valence-electron chi connectivity index (χ2n) is 5.75. The van der Waals surface area contributed by atoms with Gasteiger partial charge in [0.2, 0.25) is 0 Å². The van der Waals surface area contributed by atoms with E-state index in [1.54, 1.807) is 7.11 Å². The molecule has 1 aromatic carbocycles. The molecule has 20 heavy (non-hydrogen) atoms. The number of rotatable bonds is 2. The number of aromatic amines is 1. The van der Waals surface area contributed by atoms with Gasteiger partial charge >= 0.3 is 0 Å². The second-order valence-corrected chi connectivity index (χ2v) is 5.75. The number of fused-ring (bicyclic) bond motifs is 1. The van der Waals surface area contributed by atoms with E-state index in [2.05, 4.69) is 11.9 Å². The lowest BCUT2D eigenvalue weighted by Gasteiger charge is -2.39. The molecule has 1 fully saturated rings. The van der Waals surface area contributed by atoms with Crippen LogP contribution in [0.15, 0.2) is 30.3 Å². The van der Waals surface area contributed by atoms with Gasteiger partial charge in [0.25, 0.3) is 5.91 Å². The highest BCUT2D eigenvalue weighted by molar-refractivity contribution is 5.98. The summed E-state index contributed by atoms with van der Waals surface area (Å²) in [5.41, 5.74) is 1.44. The van der Waals surface area contributed by atoms with E-state index in [0.29, 0.717) is 12.2 Å². The highest BCUT2D eigenvalue weighted by atomic mass is 16.5. The van der Waals surface area contributed by atoms with E-state index in [-0.39, 0.29) is 11.5 Å². The fourth-order valence-corrected chi connectivity index (χ4v) is 2.90. The summed E-state index contributed by atoms with van der Waals surface area (Å²) < 4.78 is 5.55. The van der Waals surface area contributed by atoms with Crippen LogP contribution in [0.2, 0.25) is 0 Å². The summed E-state index contributed by atoms with van der Waals surface area (Å²) in [6, 6.07) is 9.87. The van der Waals surface area contributed by atoms with Crippen molar-refractivity contribution in [1.29, 1.82) is 0 Å². The number of nitrogens with one attached hydrogen (secondary N) is 1. The van der Waals surface area contributed by atoms with Crippen molar-refractivity contribution >= 4 is 16.8 Å². The van der Waals surface area contributed by atoms with Gasteiger partial charge in [-0.15, -0.1) is 0 Å². The maximum absolute atomic E-state index is 12.6. The number of H-pyrrole nitrogens is 1. The van der Waals surface area contributed by atoms with Crippen molar-refractivity contribution in [2.75, 3.05) is 20.2 Å². The standard InChI is InChI=1S/C16H20N2O2/c1-16(20-2)8-5-9-18(11-16)15(19)14-10-12-6-3-4-7-13(12)17-14/h3-4,6-7,10,17H,5,8-9,11H2,1-2H3. The predicted molar refractivity (Wildman–Crippen MR) is 78.9 cm³/mol. The molecule has 0 spiro atoms. The molecule has 3 rings (SSSR count). The number of piperidine rings is 1. The van der Waals surface area contributed by atoms with E-state index in [9.17, 15) is 4.79 Å². The van der Waals surface area contributed by atoms with Gasteiger partial charge in [-0.05, 0) is 31.9 Å². The first-order valence-electron chi connectivity index (χ1n) is 7.03. The Balaban J connectivity index is 1.84. The summed E-state index contributed by atoms with van der Waals surface area (Å²) in [7, 11) is 1.72. The number of methoxy groups -OCH3 is 1. The largest absolute Gasteiger partial charge is 0.377 e. The van der Waals surface area contributed by atoms with Crippen LogP contribution in [0.5, 0.6) is 0 Å². The van der Waals surface area contributed by atoms with Gasteiger partial charge in [-0.3, -0.25) is 4.79 Å². The second kappa shape index (κ2) is 4.94. The van der Waals surface area contributed by atoms with Crippen LogP contribution in [-0.4, -0.2) is 41.6 Å². The Kier molecular flexibility index (Phi) is 3.26. The minimum Gasteiger partial charge on any atom is -0.377 e. The minimum absolute atomic E-state index is 0.0594. The van der Waals surface area contributed by atoms with Crippen LogP contribution in [0.3, 0.4) is 0 Å².